The van der Waals surface area contributed by atoms with Crippen LogP contribution in [0.25, 0.3) is 0 Å². The van der Waals surface area contributed by atoms with Crippen molar-refractivity contribution in [3.8, 4) is 0 Å². The van der Waals surface area contributed by atoms with E-state index in [1.54, 1.807) is 13.8 Å². The van der Waals surface area contributed by atoms with Crippen LogP contribution in [-0.4, -0.2) is 52.0 Å². The van der Waals surface area contributed by atoms with E-state index in [-0.39, 0.29) is 36.2 Å². The van der Waals surface area contributed by atoms with Crippen LogP contribution in [0.2, 0.25) is 0 Å². The van der Waals surface area contributed by atoms with Gasteiger partial charge in [0, 0.05) is 12.8 Å². The van der Waals surface area contributed by atoms with Crippen molar-refractivity contribution < 1.29 is 48.3 Å². The second kappa shape index (κ2) is 13.5. The van der Waals surface area contributed by atoms with E-state index >= 15 is 0 Å². The molecule has 3 atom stereocenters. The van der Waals surface area contributed by atoms with Crippen molar-refractivity contribution in [1.29, 1.82) is 0 Å². The van der Waals surface area contributed by atoms with Crippen molar-refractivity contribution in [3.05, 3.63) is 12.2 Å². The number of carboxylic acids is 2. The molecule has 6 nitrogen and oxygen atoms in total. The van der Waals surface area contributed by atoms with Crippen LogP contribution in [0, 0.1) is 0 Å². The van der Waals surface area contributed by atoms with E-state index in [0.717, 1.165) is 19.3 Å². The third-order valence-electron chi connectivity index (χ3n) is 4.43. The number of hydrogen-bond acceptors (Lipinski definition) is 4. The summed E-state index contributed by atoms with van der Waals surface area (Å²) in [5.74, 6) is -2.38. The number of nitrogens with zero attached hydrogens (tertiary/aromatic N) is 1. The molecule has 3 unspecified atom stereocenters. The molecule has 0 amide bonds. The fourth-order valence-corrected chi connectivity index (χ4v) is 3.25. The van der Waals surface area contributed by atoms with Crippen LogP contribution in [-0.2, 0) is 9.59 Å². The van der Waals surface area contributed by atoms with Gasteiger partial charge in [-0.3, -0.25) is 4.48 Å². The van der Waals surface area contributed by atoms with Crippen molar-refractivity contribution in [2.75, 3.05) is 13.3 Å². The standard InChI is InChI=1S/C17H31NO5.Li/c1-4-7-8-9-10-11-12-18(13-19,14(5-2)16(20)21)15(6-3)17(22)23;/h7-8,14-15,19H,4-6,9-13H2,1-3H3,(H-,20,21,22,23);/q;+1/b8-7+;. The van der Waals surface area contributed by atoms with Crippen molar-refractivity contribution in [2.24, 2.45) is 0 Å². The molecule has 0 rings (SSSR count). The maximum Gasteiger partial charge on any atom is 1.00 e. The molecule has 0 aliphatic heterocycles. The Kier molecular flexibility index (Phi) is 14.3. The number of aliphatic carboxylic acids is 2. The van der Waals surface area contributed by atoms with Crippen molar-refractivity contribution in [1.82, 2.24) is 0 Å². The number of carbonyl (C=O) groups is 2. The van der Waals surface area contributed by atoms with Crippen LogP contribution in [0.3, 0.4) is 0 Å². The first-order valence-corrected chi connectivity index (χ1v) is 8.47. The molecule has 0 saturated heterocycles. The van der Waals surface area contributed by atoms with E-state index in [2.05, 4.69) is 19.1 Å². The number of allylic oxidation sites excluding steroid dienone is 2. The summed E-state index contributed by atoms with van der Waals surface area (Å²) < 4.78 is -0.359. The van der Waals surface area contributed by atoms with Crippen LogP contribution in [0.15, 0.2) is 12.2 Å². The first-order valence-electron chi connectivity index (χ1n) is 8.47. The zero-order valence-corrected chi connectivity index (χ0v) is 15.5. The van der Waals surface area contributed by atoms with Crippen molar-refractivity contribution >= 4 is 11.9 Å². The van der Waals surface area contributed by atoms with E-state index in [1.165, 1.54) is 0 Å². The first-order chi connectivity index (χ1) is 10.9. The minimum Gasteiger partial charge on any atom is -0.544 e. The third-order valence-corrected chi connectivity index (χ3v) is 4.43. The molecule has 2 N–H and O–H groups in total. The number of carbonyl (C=O) groups excluding carboxylic acids is 1. The number of carboxylic acid groups (broad SMARTS) is 2. The average molecular weight is 336 g/mol. The zero-order chi connectivity index (χ0) is 17.9. The quantitative estimate of drug-likeness (QED) is 0.137. The van der Waals surface area contributed by atoms with Gasteiger partial charge in [0.15, 0.2) is 12.8 Å². The Morgan fingerprint density at radius 1 is 1.08 bits per heavy atom. The van der Waals surface area contributed by atoms with Gasteiger partial charge < -0.3 is 20.1 Å². The Bertz CT molecular complexity index is 378. The molecule has 0 bridgehead atoms. The van der Waals surface area contributed by atoms with Gasteiger partial charge in [0.05, 0.1) is 12.5 Å². The second-order valence-corrected chi connectivity index (χ2v) is 5.85. The largest absolute Gasteiger partial charge is 1.00 e. The van der Waals surface area contributed by atoms with Crippen LogP contribution < -0.4 is 24.0 Å². The minimum absolute atomic E-state index is 0. The fourth-order valence-electron chi connectivity index (χ4n) is 3.25. The van der Waals surface area contributed by atoms with Gasteiger partial charge >= 0.3 is 24.8 Å². The Hall–Kier alpha value is -0.803. The summed E-state index contributed by atoms with van der Waals surface area (Å²) in [6.45, 7) is 5.24. The summed E-state index contributed by atoms with van der Waals surface area (Å²) in [4.78, 5) is 23.1. The van der Waals surface area contributed by atoms with Gasteiger partial charge in [0.1, 0.15) is 6.04 Å². The Morgan fingerprint density at radius 3 is 2.04 bits per heavy atom. The van der Waals surface area contributed by atoms with Gasteiger partial charge in [0.25, 0.3) is 0 Å². The normalized spacial score (nSPS) is 16.2. The van der Waals surface area contributed by atoms with E-state index in [0.29, 0.717) is 13.0 Å². The minimum atomic E-state index is -1.30. The number of aliphatic hydroxyl groups excluding tert-OH is 1. The van der Waals surface area contributed by atoms with Gasteiger partial charge in [-0.2, -0.15) is 0 Å². The van der Waals surface area contributed by atoms with E-state index < -0.39 is 30.8 Å². The molecule has 134 valence electrons. The van der Waals surface area contributed by atoms with Crippen molar-refractivity contribution in [3.63, 3.8) is 0 Å². The summed E-state index contributed by atoms with van der Waals surface area (Å²) >= 11 is 0. The maximum atomic E-state index is 11.6. The van der Waals surface area contributed by atoms with Crippen LogP contribution in [0.1, 0.15) is 59.3 Å². The summed E-state index contributed by atoms with van der Waals surface area (Å²) in [5.41, 5.74) is 0. The van der Waals surface area contributed by atoms with Crippen LogP contribution in [0.5, 0.6) is 0 Å². The molecule has 0 radical (unpaired) electrons. The van der Waals surface area contributed by atoms with Crippen LogP contribution >= 0.6 is 0 Å². The molecule has 0 aromatic rings. The van der Waals surface area contributed by atoms with E-state index in [1.807, 2.05) is 0 Å². The molecular formula is C17H31LiNO5+. The van der Waals surface area contributed by atoms with Crippen molar-refractivity contribution in [2.45, 2.75) is 71.4 Å². The maximum absolute atomic E-state index is 11.6. The van der Waals surface area contributed by atoms with Crippen LogP contribution in [0.4, 0.5) is 0 Å². The summed E-state index contributed by atoms with van der Waals surface area (Å²) in [7, 11) is 0. The van der Waals surface area contributed by atoms with Gasteiger partial charge in [-0.1, -0.05) is 32.9 Å². The summed E-state index contributed by atoms with van der Waals surface area (Å²) in [6, 6.07) is -1.97. The average Bonchev–Trinajstić information content (AvgIpc) is 2.50. The SMILES string of the molecule is CC/C=C/CCCC[N+](CO)(C(CC)C(=O)[O-])C(CC)C(=O)O.[Li+]. The molecule has 24 heavy (non-hydrogen) atoms. The number of rotatable bonds is 13. The van der Waals surface area contributed by atoms with E-state index in [4.69, 9.17) is 0 Å². The first kappa shape index (κ1) is 25.4. The number of quaternary nitrogens is 1. The smallest absolute Gasteiger partial charge is 0.544 e. The number of hydrogen-bond donors (Lipinski definition) is 2. The Morgan fingerprint density at radius 2 is 1.67 bits per heavy atom. The molecule has 0 heterocycles. The molecule has 0 spiro atoms. The third kappa shape index (κ3) is 6.98. The molecule has 0 fully saturated rings. The van der Waals surface area contributed by atoms with Gasteiger partial charge in [0.2, 0.25) is 0 Å². The summed E-state index contributed by atoms with van der Waals surface area (Å²) in [5, 5.41) is 30.9. The summed E-state index contributed by atoms with van der Waals surface area (Å²) in [6.07, 6.45) is 7.94. The Balaban J connectivity index is 0. The van der Waals surface area contributed by atoms with Gasteiger partial charge in [-0.25, -0.2) is 4.79 Å². The molecule has 0 aromatic heterocycles. The molecule has 0 aliphatic carbocycles. The predicted molar refractivity (Wildman–Crippen MR) is 86.3 cm³/mol. The monoisotopic (exact) mass is 336 g/mol. The number of unbranched alkanes of at least 4 members (excludes halogenated alkanes) is 2. The topological polar surface area (TPSA) is 97.7 Å². The van der Waals surface area contributed by atoms with E-state index in [9.17, 15) is 24.9 Å². The van der Waals surface area contributed by atoms with Gasteiger partial charge in [-0.05, 0) is 25.7 Å². The molecule has 7 heteroatoms. The molecule has 0 aromatic carbocycles. The van der Waals surface area contributed by atoms with Gasteiger partial charge in [-0.15, -0.1) is 0 Å². The fraction of sp³-hybridized carbons (Fsp3) is 0.765. The molecular weight excluding hydrogens is 305 g/mol. The molecule has 0 saturated carbocycles. The number of aliphatic hydroxyl groups is 1. The molecule has 0 aliphatic rings. The second-order valence-electron chi connectivity index (χ2n) is 5.85. The Labute approximate surface area is 157 Å². The zero-order valence-electron chi connectivity index (χ0n) is 15.5. The predicted octanol–water partition coefficient (Wildman–Crippen LogP) is -1.71.